The third kappa shape index (κ3) is 1.90. The molecule has 1 aromatic carbocycles. The minimum atomic E-state index is -0.0187. The highest BCUT2D eigenvalue weighted by Crippen LogP contribution is 2.04. The van der Waals surface area contributed by atoms with Crippen LogP contribution < -0.4 is 11.0 Å². The molecule has 0 fully saturated rings. The van der Waals surface area contributed by atoms with Gasteiger partial charge in [-0.1, -0.05) is 38.8 Å². The summed E-state index contributed by atoms with van der Waals surface area (Å²) in [5.74, 6) is 0. The van der Waals surface area contributed by atoms with E-state index >= 15 is 0 Å². The molecule has 0 saturated carbocycles. The van der Waals surface area contributed by atoms with Crippen LogP contribution in [0.25, 0.3) is 5.69 Å². The maximum atomic E-state index is 11.7. The highest BCUT2D eigenvalue weighted by atomic mass is 31.1. The predicted octanol–water partition coefficient (Wildman–Crippen LogP) is 1.84. The van der Waals surface area contributed by atoms with E-state index in [1.807, 2.05) is 36.4 Å². The lowest BCUT2D eigenvalue weighted by Gasteiger charge is -2.08. The van der Waals surface area contributed by atoms with E-state index in [0.717, 1.165) is 19.3 Å². The molecule has 15 heavy (non-hydrogen) atoms. The largest absolute Gasteiger partial charge is 0.273 e. The lowest BCUT2D eigenvalue weighted by molar-refractivity contribution is 1.03. The fourth-order valence-corrected chi connectivity index (χ4v) is 1.99. The van der Waals surface area contributed by atoms with Gasteiger partial charge in [0.05, 0.1) is 5.44 Å². The Bertz CT molecular complexity index is 531. The van der Waals surface area contributed by atoms with Crippen LogP contribution in [0.2, 0.25) is 0 Å². The summed E-state index contributed by atoms with van der Waals surface area (Å²) in [7, 11) is 0.841. The Labute approximate surface area is 89.6 Å². The molecule has 0 aliphatic rings. The zero-order valence-electron chi connectivity index (χ0n) is 8.13. The SMILES string of the molecule is C=Pc1cccc(=O)n1-c1ccccc1. The van der Waals surface area contributed by atoms with Gasteiger partial charge in [0.1, 0.15) is 0 Å². The normalized spacial score (nSPS) is 10.4. The molecule has 0 atom stereocenters. The molecular formula is C12H10NOP. The number of nitrogens with zero attached hydrogens (tertiary/aromatic N) is 1. The minimum Gasteiger partial charge on any atom is -0.273 e. The molecule has 0 aliphatic carbocycles. The third-order valence-corrected chi connectivity index (χ3v) is 2.78. The van der Waals surface area contributed by atoms with E-state index in [0.29, 0.717) is 0 Å². The maximum absolute atomic E-state index is 11.7. The molecule has 0 saturated heterocycles. The van der Waals surface area contributed by atoms with E-state index in [9.17, 15) is 4.79 Å². The second-order valence-corrected chi connectivity index (χ2v) is 3.83. The maximum Gasteiger partial charge on any atom is 0.255 e. The van der Waals surface area contributed by atoms with Crippen molar-refractivity contribution >= 4 is 19.9 Å². The first-order valence-corrected chi connectivity index (χ1v) is 5.65. The monoisotopic (exact) mass is 215 g/mol. The molecule has 2 aromatic rings. The van der Waals surface area contributed by atoms with Gasteiger partial charge >= 0.3 is 0 Å². The van der Waals surface area contributed by atoms with Gasteiger partial charge in [-0.05, 0) is 18.2 Å². The van der Waals surface area contributed by atoms with Gasteiger partial charge in [0.15, 0.2) is 0 Å². The Morgan fingerprint density at radius 3 is 2.40 bits per heavy atom. The lowest BCUT2D eigenvalue weighted by Crippen LogP contribution is -2.26. The van der Waals surface area contributed by atoms with Crippen molar-refractivity contribution in [3.63, 3.8) is 0 Å². The Balaban J connectivity index is 2.72. The highest BCUT2D eigenvalue weighted by Gasteiger charge is 2.01. The topological polar surface area (TPSA) is 22.0 Å². The van der Waals surface area contributed by atoms with Crippen LogP contribution in [0, 0.1) is 0 Å². The quantitative estimate of drug-likeness (QED) is 0.700. The molecule has 0 bridgehead atoms. The molecule has 0 unspecified atom stereocenters. The van der Waals surface area contributed by atoms with Crippen molar-refractivity contribution in [2.45, 2.75) is 0 Å². The molecule has 0 amide bonds. The number of benzene rings is 1. The van der Waals surface area contributed by atoms with Crippen molar-refractivity contribution in [2.24, 2.45) is 0 Å². The van der Waals surface area contributed by atoms with Crippen LogP contribution in [-0.2, 0) is 0 Å². The van der Waals surface area contributed by atoms with E-state index in [1.165, 1.54) is 0 Å². The van der Waals surface area contributed by atoms with Gasteiger partial charge in [0.2, 0.25) is 0 Å². The van der Waals surface area contributed by atoms with Gasteiger partial charge in [-0.3, -0.25) is 9.36 Å². The van der Waals surface area contributed by atoms with Crippen molar-refractivity contribution in [1.29, 1.82) is 0 Å². The van der Waals surface area contributed by atoms with E-state index in [4.69, 9.17) is 0 Å². The van der Waals surface area contributed by atoms with Crippen molar-refractivity contribution in [2.75, 3.05) is 0 Å². The van der Waals surface area contributed by atoms with Crippen molar-refractivity contribution < 1.29 is 0 Å². The fourth-order valence-electron chi connectivity index (χ4n) is 1.44. The minimum absolute atomic E-state index is 0.0187. The fraction of sp³-hybridized carbons (Fsp3) is 0. The number of pyridine rings is 1. The highest BCUT2D eigenvalue weighted by molar-refractivity contribution is 7.45. The van der Waals surface area contributed by atoms with Gasteiger partial charge in [0.25, 0.3) is 5.56 Å². The summed E-state index contributed by atoms with van der Waals surface area (Å²) >= 11 is 0. The van der Waals surface area contributed by atoms with Crippen LogP contribution >= 0.6 is 8.20 Å². The number of para-hydroxylation sites is 1. The van der Waals surface area contributed by atoms with Crippen LogP contribution in [0.15, 0.2) is 53.3 Å². The van der Waals surface area contributed by atoms with E-state index < -0.39 is 0 Å². The average molecular weight is 215 g/mol. The van der Waals surface area contributed by atoms with Gasteiger partial charge in [0, 0.05) is 11.8 Å². The molecule has 1 heterocycles. The number of hydrogen-bond acceptors (Lipinski definition) is 1. The smallest absolute Gasteiger partial charge is 0.255 e. The number of hydrogen-bond donors (Lipinski definition) is 0. The van der Waals surface area contributed by atoms with Crippen LogP contribution in [-0.4, -0.2) is 10.9 Å². The summed E-state index contributed by atoms with van der Waals surface area (Å²) in [6, 6.07) is 14.8. The first-order chi connectivity index (χ1) is 7.33. The zero-order valence-corrected chi connectivity index (χ0v) is 9.02. The van der Waals surface area contributed by atoms with E-state index in [-0.39, 0.29) is 5.56 Å². The van der Waals surface area contributed by atoms with Crippen LogP contribution in [0.3, 0.4) is 0 Å². The van der Waals surface area contributed by atoms with Crippen molar-refractivity contribution in [1.82, 2.24) is 4.57 Å². The molecule has 2 nitrogen and oxygen atoms in total. The Hall–Kier alpha value is -1.66. The van der Waals surface area contributed by atoms with E-state index in [2.05, 4.69) is 6.30 Å². The first-order valence-electron chi connectivity index (χ1n) is 4.57. The molecule has 0 radical (unpaired) electrons. The van der Waals surface area contributed by atoms with Crippen LogP contribution in [0.5, 0.6) is 0 Å². The summed E-state index contributed by atoms with van der Waals surface area (Å²) in [5.41, 5.74) is 1.76. The summed E-state index contributed by atoms with van der Waals surface area (Å²) in [4.78, 5) is 11.7. The van der Waals surface area contributed by atoms with E-state index in [1.54, 1.807) is 16.7 Å². The summed E-state index contributed by atoms with van der Waals surface area (Å²) in [5, 5.41) is 0. The molecule has 74 valence electrons. The Morgan fingerprint density at radius 2 is 1.73 bits per heavy atom. The third-order valence-electron chi connectivity index (χ3n) is 2.11. The molecule has 2 rings (SSSR count). The van der Waals surface area contributed by atoms with Gasteiger partial charge in [-0.25, -0.2) is 0 Å². The van der Waals surface area contributed by atoms with Gasteiger partial charge in [-0.2, -0.15) is 0 Å². The van der Waals surface area contributed by atoms with Crippen molar-refractivity contribution in [3.05, 3.63) is 58.9 Å². The molecule has 0 spiro atoms. The molecular weight excluding hydrogens is 205 g/mol. The number of aromatic nitrogens is 1. The average Bonchev–Trinajstić information content (AvgIpc) is 2.29. The summed E-state index contributed by atoms with van der Waals surface area (Å²) < 4.78 is 1.68. The standard InChI is InChI=1S/C12H10NOP/c1-15-12-9-5-8-11(14)13(12)10-6-3-2-4-7-10/h2-9H,1H2. The summed E-state index contributed by atoms with van der Waals surface area (Å²) in [6.07, 6.45) is 3.80. The lowest BCUT2D eigenvalue weighted by atomic mass is 10.3. The molecule has 1 aromatic heterocycles. The number of rotatable bonds is 2. The predicted molar refractivity (Wildman–Crippen MR) is 65.7 cm³/mol. The Kier molecular flexibility index (Phi) is 2.79. The van der Waals surface area contributed by atoms with Crippen LogP contribution in [0.4, 0.5) is 0 Å². The molecule has 3 heteroatoms. The second kappa shape index (κ2) is 4.24. The van der Waals surface area contributed by atoms with Crippen molar-refractivity contribution in [3.8, 4) is 5.69 Å². The van der Waals surface area contributed by atoms with Gasteiger partial charge < -0.3 is 0 Å². The van der Waals surface area contributed by atoms with Gasteiger partial charge in [-0.15, -0.1) is 0 Å². The Morgan fingerprint density at radius 1 is 1.00 bits per heavy atom. The zero-order chi connectivity index (χ0) is 10.7. The summed E-state index contributed by atoms with van der Waals surface area (Å²) in [6.45, 7) is 0. The molecule has 0 aliphatic heterocycles. The van der Waals surface area contributed by atoms with Crippen LogP contribution in [0.1, 0.15) is 0 Å². The molecule has 0 N–H and O–H groups in total. The second-order valence-electron chi connectivity index (χ2n) is 3.05. The first kappa shape index (κ1) is 9.88.